The summed E-state index contributed by atoms with van der Waals surface area (Å²) in [5.41, 5.74) is 2.18. The number of aromatic nitrogens is 2. The van der Waals surface area contributed by atoms with Crippen molar-refractivity contribution in [3.8, 4) is 11.8 Å². The van der Waals surface area contributed by atoms with E-state index in [1.54, 1.807) is 12.1 Å². The van der Waals surface area contributed by atoms with E-state index in [1.165, 1.54) is 0 Å². The monoisotopic (exact) mass is 292 g/mol. The average molecular weight is 292 g/mol. The van der Waals surface area contributed by atoms with Crippen LogP contribution in [0.15, 0.2) is 72.8 Å². The van der Waals surface area contributed by atoms with Gasteiger partial charge in [-0.1, -0.05) is 60.7 Å². The first-order chi connectivity index (χ1) is 10.9. The van der Waals surface area contributed by atoms with Crippen molar-refractivity contribution in [2.45, 2.75) is 13.2 Å². The maximum Gasteiger partial charge on any atom is 0.233 e. The zero-order valence-electron chi connectivity index (χ0n) is 12.1. The molecule has 110 valence electrons. The van der Waals surface area contributed by atoms with Crippen molar-refractivity contribution in [2.75, 3.05) is 0 Å². The number of rotatable bonds is 6. The summed E-state index contributed by atoms with van der Waals surface area (Å²) in [5.74, 6) is 0.965. The molecule has 1 aromatic heterocycles. The Hall–Kier alpha value is -2.88. The highest BCUT2D eigenvalue weighted by atomic mass is 16.5. The minimum absolute atomic E-state index is 0.472. The van der Waals surface area contributed by atoms with Gasteiger partial charge in [-0.2, -0.15) is 0 Å². The number of ether oxygens (including phenoxy) is 2. The van der Waals surface area contributed by atoms with Gasteiger partial charge in [0.1, 0.15) is 13.2 Å². The van der Waals surface area contributed by atoms with Crippen molar-refractivity contribution < 1.29 is 9.47 Å². The van der Waals surface area contributed by atoms with Gasteiger partial charge in [-0.15, -0.1) is 10.2 Å². The van der Waals surface area contributed by atoms with E-state index in [2.05, 4.69) is 10.2 Å². The van der Waals surface area contributed by atoms with Gasteiger partial charge >= 0.3 is 0 Å². The molecule has 0 amide bonds. The molecule has 2 aromatic carbocycles. The van der Waals surface area contributed by atoms with Gasteiger partial charge in [0.25, 0.3) is 0 Å². The molecule has 3 aromatic rings. The van der Waals surface area contributed by atoms with Crippen LogP contribution in [0.5, 0.6) is 11.8 Å². The van der Waals surface area contributed by atoms with Gasteiger partial charge in [0, 0.05) is 12.1 Å². The topological polar surface area (TPSA) is 44.2 Å². The lowest BCUT2D eigenvalue weighted by atomic mass is 10.2. The van der Waals surface area contributed by atoms with Crippen LogP contribution >= 0.6 is 0 Å². The molecular formula is C18H16N2O2. The molecule has 1 heterocycles. The average Bonchev–Trinajstić information content (AvgIpc) is 2.61. The van der Waals surface area contributed by atoms with Crippen LogP contribution in [0.4, 0.5) is 0 Å². The van der Waals surface area contributed by atoms with Crippen molar-refractivity contribution in [1.29, 1.82) is 0 Å². The molecule has 3 rings (SSSR count). The molecule has 4 nitrogen and oxygen atoms in total. The van der Waals surface area contributed by atoms with E-state index in [9.17, 15) is 0 Å². The molecule has 0 aliphatic rings. The first-order valence-corrected chi connectivity index (χ1v) is 7.07. The molecule has 0 saturated heterocycles. The Morgan fingerprint density at radius 3 is 1.32 bits per heavy atom. The van der Waals surface area contributed by atoms with Crippen LogP contribution in [0.2, 0.25) is 0 Å². The van der Waals surface area contributed by atoms with E-state index in [0.29, 0.717) is 25.0 Å². The molecule has 0 radical (unpaired) electrons. The largest absolute Gasteiger partial charge is 0.472 e. The number of nitrogens with zero attached hydrogens (tertiary/aromatic N) is 2. The fourth-order valence-corrected chi connectivity index (χ4v) is 1.92. The van der Waals surface area contributed by atoms with Crippen molar-refractivity contribution >= 4 is 0 Å². The zero-order valence-corrected chi connectivity index (χ0v) is 12.1. The van der Waals surface area contributed by atoms with Crippen LogP contribution in [0.3, 0.4) is 0 Å². The molecule has 4 heteroatoms. The quantitative estimate of drug-likeness (QED) is 0.696. The fraction of sp³-hybridized carbons (Fsp3) is 0.111. The van der Waals surface area contributed by atoms with E-state index in [4.69, 9.17) is 9.47 Å². The summed E-state index contributed by atoms with van der Waals surface area (Å²) in [4.78, 5) is 0. The maximum atomic E-state index is 5.58. The molecule has 0 aliphatic heterocycles. The van der Waals surface area contributed by atoms with Gasteiger partial charge in [0.05, 0.1) is 0 Å². The van der Waals surface area contributed by atoms with E-state index in [0.717, 1.165) is 11.1 Å². The summed E-state index contributed by atoms with van der Waals surface area (Å²) in [5, 5.41) is 8.02. The molecular weight excluding hydrogens is 276 g/mol. The van der Waals surface area contributed by atoms with Crippen LogP contribution in [0, 0.1) is 0 Å². The van der Waals surface area contributed by atoms with Gasteiger partial charge < -0.3 is 9.47 Å². The zero-order chi connectivity index (χ0) is 15.0. The van der Waals surface area contributed by atoms with E-state index < -0.39 is 0 Å². The second-order valence-corrected chi connectivity index (χ2v) is 4.76. The maximum absolute atomic E-state index is 5.58. The molecule has 0 aliphatic carbocycles. The highest BCUT2D eigenvalue weighted by Crippen LogP contribution is 2.13. The van der Waals surface area contributed by atoms with Crippen molar-refractivity contribution in [2.24, 2.45) is 0 Å². The van der Waals surface area contributed by atoms with Crippen molar-refractivity contribution in [3.63, 3.8) is 0 Å². The lowest BCUT2D eigenvalue weighted by molar-refractivity contribution is 0.272. The minimum Gasteiger partial charge on any atom is -0.472 e. The Labute approximate surface area is 129 Å². The molecule has 0 N–H and O–H groups in total. The summed E-state index contributed by atoms with van der Waals surface area (Å²) in [6.45, 7) is 0.944. The predicted octanol–water partition coefficient (Wildman–Crippen LogP) is 3.63. The van der Waals surface area contributed by atoms with E-state index in [-0.39, 0.29) is 0 Å². The Bertz CT molecular complexity index is 623. The molecule has 0 atom stereocenters. The third-order valence-electron chi connectivity index (χ3n) is 3.07. The van der Waals surface area contributed by atoms with Crippen LogP contribution in [0.25, 0.3) is 0 Å². The van der Waals surface area contributed by atoms with Gasteiger partial charge in [-0.25, -0.2) is 0 Å². The Balaban J connectivity index is 1.52. The number of hydrogen-bond acceptors (Lipinski definition) is 4. The number of hydrogen-bond donors (Lipinski definition) is 0. The molecule has 0 fully saturated rings. The van der Waals surface area contributed by atoms with Gasteiger partial charge in [0.15, 0.2) is 0 Å². The van der Waals surface area contributed by atoms with E-state index in [1.807, 2.05) is 60.7 Å². The third-order valence-corrected chi connectivity index (χ3v) is 3.07. The Kier molecular flexibility index (Phi) is 4.62. The summed E-state index contributed by atoms with van der Waals surface area (Å²) in [7, 11) is 0. The molecule has 0 saturated carbocycles. The van der Waals surface area contributed by atoms with Crippen molar-refractivity contribution in [3.05, 3.63) is 83.9 Å². The van der Waals surface area contributed by atoms with Crippen LogP contribution in [-0.4, -0.2) is 10.2 Å². The van der Waals surface area contributed by atoms with Crippen molar-refractivity contribution in [1.82, 2.24) is 10.2 Å². The highest BCUT2D eigenvalue weighted by molar-refractivity contribution is 5.19. The standard InChI is InChI=1S/C18H16N2O2/c1-3-7-15(8-4-1)13-21-17-11-12-18(20-19-17)22-14-16-9-5-2-6-10-16/h1-12H,13-14H2. The highest BCUT2D eigenvalue weighted by Gasteiger charge is 2.01. The minimum atomic E-state index is 0.472. The second kappa shape index (κ2) is 7.22. The summed E-state index contributed by atoms with van der Waals surface area (Å²) >= 11 is 0. The summed E-state index contributed by atoms with van der Waals surface area (Å²) in [6, 6.07) is 23.4. The lowest BCUT2D eigenvalue weighted by Crippen LogP contribution is -2.01. The Morgan fingerprint density at radius 1 is 0.545 bits per heavy atom. The number of benzene rings is 2. The molecule has 0 unspecified atom stereocenters. The van der Waals surface area contributed by atoms with Gasteiger partial charge in [0.2, 0.25) is 11.8 Å². The molecule has 0 bridgehead atoms. The third kappa shape index (κ3) is 4.06. The fourth-order valence-electron chi connectivity index (χ4n) is 1.92. The lowest BCUT2D eigenvalue weighted by Gasteiger charge is -2.07. The first kappa shape index (κ1) is 14.1. The summed E-state index contributed by atoms with van der Waals surface area (Å²) in [6.07, 6.45) is 0. The molecule has 22 heavy (non-hydrogen) atoms. The molecule has 0 spiro atoms. The van der Waals surface area contributed by atoms with E-state index >= 15 is 0 Å². The normalized spacial score (nSPS) is 10.2. The van der Waals surface area contributed by atoms with Crippen LogP contribution in [0.1, 0.15) is 11.1 Å². The SMILES string of the molecule is c1ccc(COc2ccc(OCc3ccccc3)nn2)cc1. The van der Waals surface area contributed by atoms with Crippen LogP contribution in [-0.2, 0) is 13.2 Å². The van der Waals surface area contributed by atoms with Gasteiger partial charge in [-0.05, 0) is 11.1 Å². The van der Waals surface area contributed by atoms with Gasteiger partial charge in [-0.3, -0.25) is 0 Å². The Morgan fingerprint density at radius 2 is 0.955 bits per heavy atom. The summed E-state index contributed by atoms with van der Waals surface area (Å²) < 4.78 is 11.2. The second-order valence-electron chi connectivity index (χ2n) is 4.76. The first-order valence-electron chi connectivity index (χ1n) is 7.07. The predicted molar refractivity (Wildman–Crippen MR) is 83.6 cm³/mol. The van der Waals surface area contributed by atoms with Crippen LogP contribution < -0.4 is 9.47 Å². The smallest absolute Gasteiger partial charge is 0.233 e.